The van der Waals surface area contributed by atoms with Crippen molar-refractivity contribution in [3.05, 3.63) is 92.6 Å². The number of aryl methyl sites for hydroxylation is 1. The van der Waals surface area contributed by atoms with E-state index in [0.717, 1.165) is 18.0 Å². The number of aliphatic hydroxyl groups is 1. The van der Waals surface area contributed by atoms with Crippen LogP contribution in [0.2, 0.25) is 0 Å². The number of aromatic amines is 2. The molecule has 57 nitrogen and oxygen atoms in total. The summed E-state index contributed by atoms with van der Waals surface area (Å²) < 4.78 is 153. The summed E-state index contributed by atoms with van der Waals surface area (Å²) in [6.45, 7) is -30.3. The van der Waals surface area contributed by atoms with Crippen molar-refractivity contribution in [2.24, 2.45) is 5.92 Å². The molecule has 9 aromatic rings. The lowest BCUT2D eigenvalue weighted by Gasteiger charge is -2.34. The van der Waals surface area contributed by atoms with Crippen molar-refractivity contribution in [3.63, 3.8) is 0 Å². The minimum Gasteiger partial charge on any atom is -0.393 e. The van der Waals surface area contributed by atoms with Crippen LogP contribution in [0, 0.1) is 12.8 Å². The molecule has 0 spiro atoms. The monoisotopic (exact) mass is 2100 g/mol. The van der Waals surface area contributed by atoms with Gasteiger partial charge in [0.2, 0.25) is 17.8 Å². The van der Waals surface area contributed by atoms with E-state index in [0.29, 0.717) is 5.56 Å². The van der Waals surface area contributed by atoms with Gasteiger partial charge >= 0.3 is 46.1 Å². The molecule has 2 amide bonds. The van der Waals surface area contributed by atoms with Gasteiger partial charge < -0.3 is 137 Å². The average Bonchev–Trinajstić information content (AvgIpc) is 1.56. The van der Waals surface area contributed by atoms with Crippen LogP contribution in [0.1, 0.15) is 62.9 Å². The molecule has 724 valence electrons. The first-order valence-corrected chi connectivity index (χ1v) is 55.6. The average molecular weight is 2100 g/mol. The minimum atomic E-state index is -4.99. The SMILES string of the molecule is COP(O)(=S)OC1C[C@H](C2C=C(C)C(=O)NC2=O)O[C@@H]1COP(O)(=S)OC1C[C@H](n2cnc3c(N)ncnc32)O[C@@H]1COP(O)(=S)OC1C[C@H](n2cnc3c(=O)[nH]c(N)nc32)O[C@@H]1COP(O)(=S)OC1[C@@H]2OC[C@]1(COP(=O)(S)OC1[C@@H]3OC[C@]1(COP(O)(=S)OC1[C@@H]4OC[C@]1(CO)O[C@H]4n1cc(C)c(N)nc1=O)O[C@H]3n1cnc3c(=O)[nH]c(N)nc31)O[C@H]2n1cnc2c(N)ncnc21. The number of ether oxygens (including phenoxy) is 9. The molecule has 9 fully saturated rings. The number of anilines is 5. The third-order valence-corrected chi connectivity index (χ3v) is 33.2. The second-order valence-corrected chi connectivity index (χ2v) is 49.2. The highest BCUT2D eigenvalue weighted by Gasteiger charge is 2.69. The Morgan fingerprint density at radius 3 is 1.47 bits per heavy atom. The topological polar surface area (TPSA) is 758 Å². The first-order chi connectivity index (χ1) is 63.4. The largest absolute Gasteiger partial charge is 0.393 e. The van der Waals surface area contributed by atoms with Crippen molar-refractivity contribution in [2.75, 3.05) is 95.2 Å². The van der Waals surface area contributed by atoms with Crippen molar-refractivity contribution in [1.29, 1.82) is 0 Å². The number of thiol groups is 1. The van der Waals surface area contributed by atoms with Gasteiger partial charge in [-0.15, -0.1) is 0 Å². The zero-order valence-corrected chi connectivity index (χ0v) is 79.3. The fraction of sp³-hybridized carbons (Fsp3) is 0.569. The van der Waals surface area contributed by atoms with Gasteiger partial charge in [0.25, 0.3) is 17.0 Å². The number of amides is 2. The van der Waals surface area contributed by atoms with Crippen LogP contribution in [-0.2, 0) is 170 Å². The Balaban J connectivity index is 0.572. The number of rotatable bonds is 35. The molecule has 0 saturated carbocycles. The second-order valence-electron chi connectivity index (χ2n) is 32.2. The van der Waals surface area contributed by atoms with E-state index in [-0.39, 0.29) is 105 Å². The van der Waals surface area contributed by atoms with Gasteiger partial charge in [-0.2, -0.15) is 15.0 Å². The normalized spacial score (nSPS) is 33.9. The molecular weight excluding hydrogens is 2020 g/mol. The number of fused-ring (bicyclic) bond motifs is 10. The highest BCUT2D eigenvalue weighted by molar-refractivity contribution is 8.44. The van der Waals surface area contributed by atoms with Gasteiger partial charge in [-0.3, -0.25) is 75.4 Å². The number of nitrogens with one attached hydrogen (secondary N) is 3. The third kappa shape index (κ3) is 18.4. The maximum atomic E-state index is 15.5. The number of carbonyl (C=O) groups is 2. The Hall–Kier alpha value is -6.69. The second kappa shape index (κ2) is 36.1. The highest BCUT2D eigenvalue weighted by atomic mass is 32.7. The summed E-state index contributed by atoms with van der Waals surface area (Å²) in [7, 11) is 1.12. The molecule has 19 N–H and O–H groups in total. The molecule has 0 aromatic carbocycles. The number of hydrogen-bond donors (Lipinski definition) is 15. The summed E-state index contributed by atoms with van der Waals surface area (Å²) >= 11 is 32.5. The zero-order valence-electron chi connectivity index (χ0n) is 69.0. The van der Waals surface area contributed by atoms with Crippen LogP contribution in [0.3, 0.4) is 0 Å². The van der Waals surface area contributed by atoms with Crippen LogP contribution >= 0.6 is 52.6 Å². The molecule has 10 aliphatic rings. The summed E-state index contributed by atoms with van der Waals surface area (Å²) in [5, 5.41) is 13.1. The lowest BCUT2D eigenvalue weighted by molar-refractivity contribution is -0.188. The molecule has 13 unspecified atom stereocenters. The standard InChI is InChI=1S/C65H80N24O33P6S6/c1-24-4-26(54(92)82-53(24)91)27-5-28(117-123(96,129)102-3)31(111-27)9-106-124(97,130)118-29-6-34(86-20-75-36-47(67)71-18-73-49(36)86)112-32(29)10-107-125(98,131)119-30-7-35(87-21-77-38-51(87)80-60(69)83-55(38)93)113-33(30)11-108-126(99,132)121-44-41-58(88-22-76-37-48(68)72-19-74-50(37)88)115-64(44,14-104-41)16-110-128(101,134)122-45-42-59(89-23-78-39-52(89)81-61(70)84-56(39)94)116-65(45,15-105-42)17-109-127(100,133)120-43-40-57(114-63(43,12-90)13-103-40)85-8-25(2)46(66)79-62(85)95/h4,8,18-23,26-35,40-45,57-59,90H,5-7,9-17H2,1-3H3,(H,96,129)(H,97,130)(H,98,131)(H,99,132)(H,100,133)(H,101,134)(H2,66,79,95)(H2,67,71,73)(H2,68,72,74)(H,82,91,92)(H3,69,80,83,93)(H3,70,81,84,94)/t26?,27-,28?,29?,30?,31-,32-,33-,34-,35-,40+,41+,42+,43?,44?,45?,57-,58-,59-,63+,64-,65-,123?,124?,125?,126?,127?,128?/m1/s1. The lowest BCUT2D eigenvalue weighted by atomic mass is 9.93. The number of aromatic nitrogens is 18. The maximum absolute atomic E-state index is 15.5. The number of nitrogen functional groups attached to an aromatic ring is 5. The lowest BCUT2D eigenvalue weighted by Crippen LogP contribution is -2.47. The Morgan fingerprint density at radius 2 is 0.933 bits per heavy atom. The van der Waals surface area contributed by atoms with Crippen molar-refractivity contribution in [3.8, 4) is 0 Å². The van der Waals surface area contributed by atoms with Gasteiger partial charge in [0.15, 0.2) is 63.9 Å². The van der Waals surface area contributed by atoms with E-state index in [1.165, 1.54) is 69.1 Å². The number of aliphatic hydroxyl groups excluding tert-OH is 1. The summed E-state index contributed by atoms with van der Waals surface area (Å²) in [6, 6.07) is 0. The first kappa shape index (κ1) is 96.2. The minimum absolute atomic E-state index is 0.0169. The molecule has 69 heteroatoms. The van der Waals surface area contributed by atoms with E-state index in [9.17, 15) is 53.5 Å². The van der Waals surface area contributed by atoms with Crippen LogP contribution in [0.5, 0.6) is 0 Å². The summed E-state index contributed by atoms with van der Waals surface area (Å²) in [6.07, 6.45) is -14.3. The van der Waals surface area contributed by atoms with Crippen LogP contribution in [0.15, 0.2) is 70.2 Å². The molecule has 0 aliphatic carbocycles. The van der Waals surface area contributed by atoms with Gasteiger partial charge in [-0.25, -0.2) is 49.2 Å². The molecule has 0 radical (unpaired) electrons. The van der Waals surface area contributed by atoms with E-state index in [1.54, 1.807) is 6.92 Å². The number of carbonyl (C=O) groups excluding carboxylic acids is 2. The molecule has 9 aromatic heterocycles. The Morgan fingerprint density at radius 1 is 0.507 bits per heavy atom. The van der Waals surface area contributed by atoms with Gasteiger partial charge in [-0.1, -0.05) is 18.3 Å². The fourth-order valence-corrected chi connectivity index (χ4v) is 25.7. The van der Waals surface area contributed by atoms with Gasteiger partial charge in [0.1, 0.15) is 114 Å². The Bertz CT molecular complexity index is 6750. The summed E-state index contributed by atoms with van der Waals surface area (Å²) in [4.78, 5) is 176. The number of H-pyrrole nitrogens is 2. The predicted molar refractivity (Wildman–Crippen MR) is 473 cm³/mol. The molecule has 6 bridgehead atoms. The summed E-state index contributed by atoms with van der Waals surface area (Å²) in [5.41, 5.74) is 23.0. The van der Waals surface area contributed by atoms with E-state index >= 15 is 4.57 Å². The van der Waals surface area contributed by atoms with Crippen LogP contribution < -0.4 is 50.8 Å². The van der Waals surface area contributed by atoms with E-state index < -0.39 is 255 Å². The first-order valence-electron chi connectivity index (χ1n) is 39.9. The molecule has 19 rings (SSSR count). The van der Waals surface area contributed by atoms with E-state index in [2.05, 4.69) is 82.4 Å². The number of nitrogens with two attached hydrogens (primary N) is 5. The summed E-state index contributed by atoms with van der Waals surface area (Å²) in [5.74, 6) is -3.01. The Labute approximate surface area is 780 Å². The highest BCUT2D eigenvalue weighted by Crippen LogP contribution is 2.65. The third-order valence-electron chi connectivity index (χ3n) is 23.7. The maximum Gasteiger partial charge on any atom is 0.386 e. The van der Waals surface area contributed by atoms with Crippen LogP contribution in [0.25, 0.3) is 44.7 Å². The molecular formula is C65H80N24O33P6S6. The molecule has 134 heavy (non-hydrogen) atoms. The van der Waals surface area contributed by atoms with Crippen molar-refractivity contribution >= 4 is 197 Å². The molecule has 10 aliphatic heterocycles. The number of imidazole rings is 4. The molecule has 19 heterocycles. The predicted octanol–water partition coefficient (Wildman–Crippen LogP) is -1.49. The molecule has 9 saturated heterocycles. The van der Waals surface area contributed by atoms with Gasteiger partial charge in [-0.05, 0) is 72.9 Å². The van der Waals surface area contributed by atoms with Crippen molar-refractivity contribution < 1.29 is 141 Å². The van der Waals surface area contributed by atoms with E-state index in [4.69, 9.17) is 185 Å². The smallest absolute Gasteiger partial charge is 0.386 e. The van der Waals surface area contributed by atoms with Gasteiger partial charge in [0, 0.05) is 43.7 Å². The van der Waals surface area contributed by atoms with E-state index in [1.807, 2.05) is 0 Å². The van der Waals surface area contributed by atoms with Crippen LogP contribution in [-0.4, -0.2) is 292 Å². The zero-order chi connectivity index (χ0) is 94.8. The fourth-order valence-electron chi connectivity index (χ4n) is 17.3. The number of nitrogens with zero attached hydrogens (tertiary/aromatic N) is 16. The van der Waals surface area contributed by atoms with Gasteiger partial charge in [0.05, 0.1) is 115 Å². The number of imide groups is 1. The molecule has 28 atom stereocenters. The van der Waals surface area contributed by atoms with Crippen molar-refractivity contribution in [2.45, 2.75) is 160 Å². The number of hydrogen-bond acceptors (Lipinski definition) is 49. The van der Waals surface area contributed by atoms with Crippen LogP contribution in [0.4, 0.5) is 29.4 Å². The quantitative estimate of drug-likeness (QED) is 0.0122. The van der Waals surface area contributed by atoms with Crippen molar-refractivity contribution in [1.82, 2.24) is 92.9 Å². The Kier molecular flexibility index (Phi) is 25.9.